The standard InChI is InChI=1S/C23H33N5O7S/c1-12(30)19(24)22(33)28-18(11-29)21(32)27-17(20(31)26-16(23(34)35)7-8-36-2)9-13-10-25-15-6-4-3-5-14(13)15/h3-6,10,12,16-19,25,29-30H,7-9,11,24H2,1-2H3,(H,26,31)(H,27,32)(H,28,33)(H,34,35). The largest absolute Gasteiger partial charge is 0.480 e. The van der Waals surface area contributed by atoms with Gasteiger partial charge in [0, 0.05) is 23.5 Å². The van der Waals surface area contributed by atoms with Crippen LogP contribution in [0.5, 0.6) is 0 Å². The Morgan fingerprint density at radius 1 is 1.03 bits per heavy atom. The van der Waals surface area contributed by atoms with E-state index in [0.717, 1.165) is 10.9 Å². The van der Waals surface area contributed by atoms with Crippen molar-refractivity contribution in [1.29, 1.82) is 0 Å². The van der Waals surface area contributed by atoms with E-state index >= 15 is 0 Å². The number of carbonyl (C=O) groups is 4. The van der Waals surface area contributed by atoms with Crippen LogP contribution in [0.4, 0.5) is 0 Å². The number of benzene rings is 1. The molecule has 0 radical (unpaired) electrons. The molecule has 1 aromatic carbocycles. The third-order valence-electron chi connectivity index (χ3n) is 5.60. The average Bonchev–Trinajstić information content (AvgIpc) is 3.26. The third-order valence-corrected chi connectivity index (χ3v) is 6.24. The van der Waals surface area contributed by atoms with Crippen molar-refractivity contribution < 1.29 is 34.5 Å². The summed E-state index contributed by atoms with van der Waals surface area (Å²) < 4.78 is 0. The molecule has 9 N–H and O–H groups in total. The van der Waals surface area contributed by atoms with Gasteiger partial charge in [0.2, 0.25) is 17.7 Å². The van der Waals surface area contributed by atoms with Crippen LogP contribution in [0.3, 0.4) is 0 Å². The van der Waals surface area contributed by atoms with Crippen LogP contribution in [-0.4, -0.2) is 92.9 Å². The van der Waals surface area contributed by atoms with Gasteiger partial charge in [-0.1, -0.05) is 18.2 Å². The van der Waals surface area contributed by atoms with Gasteiger partial charge in [0.15, 0.2) is 0 Å². The highest BCUT2D eigenvalue weighted by Gasteiger charge is 2.31. The van der Waals surface area contributed by atoms with Crippen LogP contribution in [-0.2, 0) is 25.6 Å². The van der Waals surface area contributed by atoms with Gasteiger partial charge in [-0.3, -0.25) is 14.4 Å². The van der Waals surface area contributed by atoms with Crippen LogP contribution >= 0.6 is 11.8 Å². The fourth-order valence-electron chi connectivity index (χ4n) is 3.45. The molecule has 12 nitrogen and oxygen atoms in total. The molecule has 36 heavy (non-hydrogen) atoms. The van der Waals surface area contributed by atoms with Crippen LogP contribution < -0.4 is 21.7 Å². The molecule has 13 heteroatoms. The zero-order valence-corrected chi connectivity index (χ0v) is 20.9. The van der Waals surface area contributed by atoms with Crippen molar-refractivity contribution in [3.8, 4) is 0 Å². The Bertz CT molecular complexity index is 1060. The molecule has 0 saturated carbocycles. The predicted molar refractivity (Wildman–Crippen MR) is 135 cm³/mol. The molecule has 5 unspecified atom stereocenters. The first-order valence-electron chi connectivity index (χ1n) is 11.3. The molecule has 0 spiro atoms. The Balaban J connectivity index is 2.26. The van der Waals surface area contributed by atoms with E-state index in [1.165, 1.54) is 18.7 Å². The Labute approximate surface area is 212 Å². The van der Waals surface area contributed by atoms with Crippen LogP contribution in [0.2, 0.25) is 0 Å². The van der Waals surface area contributed by atoms with Crippen LogP contribution in [0.25, 0.3) is 10.9 Å². The minimum atomic E-state index is -1.45. The number of H-pyrrole nitrogens is 1. The lowest BCUT2D eigenvalue weighted by molar-refractivity contribution is -0.142. The summed E-state index contributed by atoms with van der Waals surface area (Å²) in [5, 5.41) is 36.7. The number of thioether (sulfide) groups is 1. The Kier molecular flexibility index (Phi) is 11.2. The topological polar surface area (TPSA) is 207 Å². The maximum atomic E-state index is 13.1. The molecule has 0 saturated heterocycles. The normalized spacial score (nSPS) is 15.4. The second kappa shape index (κ2) is 13.8. The molecule has 0 aliphatic heterocycles. The van der Waals surface area contributed by atoms with E-state index < -0.39 is 60.6 Å². The zero-order chi connectivity index (χ0) is 26.8. The average molecular weight is 524 g/mol. The van der Waals surface area contributed by atoms with E-state index in [1.54, 1.807) is 6.20 Å². The molecule has 2 aromatic rings. The van der Waals surface area contributed by atoms with Gasteiger partial charge in [-0.15, -0.1) is 0 Å². The van der Waals surface area contributed by atoms with Gasteiger partial charge in [-0.05, 0) is 37.0 Å². The second-order valence-electron chi connectivity index (χ2n) is 8.32. The number of carbonyl (C=O) groups excluding carboxylic acids is 3. The Morgan fingerprint density at radius 3 is 2.25 bits per heavy atom. The number of fused-ring (bicyclic) bond motifs is 1. The lowest BCUT2D eigenvalue weighted by Gasteiger charge is -2.24. The second-order valence-corrected chi connectivity index (χ2v) is 9.30. The highest BCUT2D eigenvalue weighted by Crippen LogP contribution is 2.19. The number of aliphatic carboxylic acids is 1. The number of hydrogen-bond acceptors (Lipinski definition) is 8. The number of amides is 3. The smallest absolute Gasteiger partial charge is 0.326 e. The van der Waals surface area contributed by atoms with Crippen molar-refractivity contribution in [3.63, 3.8) is 0 Å². The lowest BCUT2D eigenvalue weighted by Crippen LogP contribution is -2.59. The molecule has 2 rings (SSSR count). The van der Waals surface area contributed by atoms with Crippen molar-refractivity contribution in [3.05, 3.63) is 36.0 Å². The highest BCUT2D eigenvalue weighted by molar-refractivity contribution is 7.98. The van der Waals surface area contributed by atoms with E-state index in [-0.39, 0.29) is 12.8 Å². The quantitative estimate of drug-likeness (QED) is 0.148. The SMILES string of the molecule is CSCCC(NC(=O)C(Cc1c[nH]c2ccccc12)NC(=O)C(CO)NC(=O)C(N)C(C)O)C(=O)O. The molecule has 0 aliphatic rings. The monoisotopic (exact) mass is 523 g/mol. The van der Waals surface area contributed by atoms with Crippen molar-refractivity contribution in [2.75, 3.05) is 18.6 Å². The minimum Gasteiger partial charge on any atom is -0.480 e. The van der Waals surface area contributed by atoms with E-state index in [9.17, 15) is 34.5 Å². The summed E-state index contributed by atoms with van der Waals surface area (Å²) in [5.74, 6) is -3.17. The number of aliphatic hydroxyl groups excluding tert-OH is 2. The highest BCUT2D eigenvalue weighted by atomic mass is 32.2. The number of aromatic nitrogens is 1. The fraction of sp³-hybridized carbons (Fsp3) is 0.478. The molecule has 1 heterocycles. The molecule has 0 aliphatic carbocycles. The molecule has 5 atom stereocenters. The van der Waals surface area contributed by atoms with E-state index in [1.807, 2.05) is 30.5 Å². The predicted octanol–water partition coefficient (Wildman–Crippen LogP) is -1.30. The van der Waals surface area contributed by atoms with Crippen molar-refractivity contribution in [1.82, 2.24) is 20.9 Å². The van der Waals surface area contributed by atoms with Gasteiger partial charge < -0.3 is 42.0 Å². The number of hydrogen-bond donors (Lipinski definition) is 8. The van der Waals surface area contributed by atoms with Crippen molar-refractivity contribution in [2.45, 2.75) is 50.0 Å². The van der Waals surface area contributed by atoms with Gasteiger partial charge >= 0.3 is 5.97 Å². The van der Waals surface area contributed by atoms with E-state index in [2.05, 4.69) is 20.9 Å². The molecule has 198 valence electrons. The number of rotatable bonds is 14. The van der Waals surface area contributed by atoms with Gasteiger partial charge in [0.1, 0.15) is 24.2 Å². The summed E-state index contributed by atoms with van der Waals surface area (Å²) in [4.78, 5) is 52.9. The van der Waals surface area contributed by atoms with Crippen molar-refractivity contribution >= 4 is 46.4 Å². The van der Waals surface area contributed by atoms with Gasteiger partial charge in [0.05, 0.1) is 12.7 Å². The third kappa shape index (κ3) is 7.95. The molecule has 3 amide bonds. The summed E-state index contributed by atoms with van der Waals surface area (Å²) in [6.45, 7) is 0.507. The summed E-state index contributed by atoms with van der Waals surface area (Å²) in [6.07, 6.45) is 2.50. The summed E-state index contributed by atoms with van der Waals surface area (Å²) in [7, 11) is 0. The fourth-order valence-corrected chi connectivity index (χ4v) is 3.92. The molecular weight excluding hydrogens is 490 g/mol. The maximum absolute atomic E-state index is 13.1. The number of aliphatic hydroxyl groups is 2. The number of carboxylic acids is 1. The van der Waals surface area contributed by atoms with Crippen LogP contribution in [0.15, 0.2) is 30.5 Å². The Hall–Kier alpha value is -3.13. The zero-order valence-electron chi connectivity index (χ0n) is 20.1. The van der Waals surface area contributed by atoms with Crippen molar-refractivity contribution in [2.24, 2.45) is 5.73 Å². The minimum absolute atomic E-state index is 0.00966. The molecular formula is C23H33N5O7S. The summed E-state index contributed by atoms with van der Waals surface area (Å²) in [6, 6.07) is 2.18. The number of para-hydroxylation sites is 1. The summed E-state index contributed by atoms with van der Waals surface area (Å²) >= 11 is 1.43. The van der Waals surface area contributed by atoms with E-state index in [0.29, 0.717) is 11.3 Å². The summed E-state index contributed by atoms with van der Waals surface area (Å²) in [5.41, 5.74) is 7.09. The van der Waals surface area contributed by atoms with Gasteiger partial charge in [0.25, 0.3) is 0 Å². The first kappa shape index (κ1) is 29.1. The van der Waals surface area contributed by atoms with E-state index in [4.69, 9.17) is 5.73 Å². The Morgan fingerprint density at radius 2 is 1.64 bits per heavy atom. The number of aromatic amines is 1. The lowest BCUT2D eigenvalue weighted by atomic mass is 10.0. The number of carboxylic acid groups (broad SMARTS) is 1. The first-order chi connectivity index (χ1) is 17.1. The number of nitrogens with two attached hydrogens (primary N) is 1. The molecule has 0 fully saturated rings. The molecule has 0 bridgehead atoms. The van der Waals surface area contributed by atoms with Crippen LogP contribution in [0, 0.1) is 0 Å². The maximum Gasteiger partial charge on any atom is 0.326 e. The number of nitrogens with one attached hydrogen (secondary N) is 4. The van der Waals surface area contributed by atoms with Gasteiger partial charge in [-0.2, -0.15) is 11.8 Å². The molecule has 1 aromatic heterocycles. The van der Waals surface area contributed by atoms with Crippen LogP contribution in [0.1, 0.15) is 18.9 Å². The first-order valence-corrected chi connectivity index (χ1v) is 12.7. The van der Waals surface area contributed by atoms with Gasteiger partial charge in [-0.25, -0.2) is 4.79 Å².